The Balaban J connectivity index is 1.52. The van der Waals surface area contributed by atoms with Crippen LogP contribution < -0.4 is 0 Å². The maximum Gasteiger partial charge on any atom is 0.168 e. The zero-order valence-electron chi connectivity index (χ0n) is 20.6. The first-order chi connectivity index (χ1) is 17.8. The van der Waals surface area contributed by atoms with Gasteiger partial charge in [-0.3, -0.25) is 14.1 Å². The molecule has 2 aromatic carbocycles. The van der Waals surface area contributed by atoms with E-state index in [4.69, 9.17) is 0 Å². The number of para-hydroxylation sites is 1. The molecule has 1 saturated heterocycles. The lowest BCUT2D eigenvalue weighted by Crippen LogP contribution is -2.50. The monoisotopic (exact) mass is 519 g/mol. The number of halogens is 5. The van der Waals surface area contributed by atoms with Crippen LogP contribution in [-0.4, -0.2) is 72.3 Å². The molecular formula is C28H30F5N3O. The van der Waals surface area contributed by atoms with E-state index in [1.807, 2.05) is 36.1 Å². The van der Waals surface area contributed by atoms with Crippen molar-refractivity contribution in [3.63, 3.8) is 0 Å². The molecule has 1 aromatic heterocycles. The summed E-state index contributed by atoms with van der Waals surface area (Å²) in [4.78, 5) is 19.7. The van der Waals surface area contributed by atoms with E-state index in [0.717, 1.165) is 28.6 Å². The van der Waals surface area contributed by atoms with Crippen molar-refractivity contribution in [3.8, 4) is 0 Å². The third kappa shape index (κ3) is 4.79. The highest BCUT2D eigenvalue weighted by Gasteiger charge is 2.40. The van der Waals surface area contributed by atoms with Crippen molar-refractivity contribution >= 4 is 16.7 Å². The summed E-state index contributed by atoms with van der Waals surface area (Å²) in [6, 6.07) is 8.29. The molecule has 37 heavy (non-hydrogen) atoms. The Labute approximate surface area is 212 Å². The van der Waals surface area contributed by atoms with Gasteiger partial charge in [-0.25, -0.2) is 17.6 Å². The molecule has 0 radical (unpaired) electrons. The second-order valence-electron chi connectivity index (χ2n) is 10.2. The van der Waals surface area contributed by atoms with E-state index in [9.17, 15) is 18.0 Å². The average molecular weight is 520 g/mol. The number of aromatic nitrogens is 1. The molecule has 3 aromatic rings. The van der Waals surface area contributed by atoms with E-state index >= 15 is 8.78 Å². The van der Waals surface area contributed by atoms with Gasteiger partial charge in [0.15, 0.2) is 5.78 Å². The molecule has 9 heteroatoms. The highest BCUT2D eigenvalue weighted by Crippen LogP contribution is 2.43. The summed E-state index contributed by atoms with van der Waals surface area (Å²) in [5, 5.41) is 0.922. The van der Waals surface area contributed by atoms with Crippen molar-refractivity contribution in [1.82, 2.24) is 14.8 Å². The third-order valence-electron chi connectivity index (χ3n) is 7.67. The summed E-state index contributed by atoms with van der Waals surface area (Å²) in [5.74, 6) is -2.56. The van der Waals surface area contributed by atoms with Crippen molar-refractivity contribution < 1.29 is 26.7 Å². The predicted octanol–water partition coefficient (Wildman–Crippen LogP) is 5.56. The van der Waals surface area contributed by atoms with E-state index < -0.39 is 43.1 Å². The molecule has 1 N–H and O–H groups in total. The number of alkyl halides is 3. The van der Waals surface area contributed by atoms with Gasteiger partial charge in [0.25, 0.3) is 0 Å². The molecular weight excluding hydrogens is 489 g/mol. The maximum atomic E-state index is 15.7. The molecule has 2 aliphatic heterocycles. The number of nitrogens with zero attached hydrogens (tertiary/aromatic N) is 2. The summed E-state index contributed by atoms with van der Waals surface area (Å²) in [7, 11) is 0. The molecule has 0 unspecified atom stereocenters. The molecule has 4 nitrogen and oxygen atoms in total. The van der Waals surface area contributed by atoms with Gasteiger partial charge in [-0.1, -0.05) is 18.2 Å². The number of hydrogen-bond acceptors (Lipinski definition) is 3. The number of hydrogen-bond donors (Lipinski definition) is 1. The maximum absolute atomic E-state index is 15.7. The van der Waals surface area contributed by atoms with Crippen LogP contribution >= 0.6 is 0 Å². The first kappa shape index (κ1) is 25.9. The van der Waals surface area contributed by atoms with Gasteiger partial charge in [0.05, 0.1) is 12.7 Å². The molecule has 3 atom stereocenters. The molecule has 0 spiro atoms. The Morgan fingerprint density at radius 1 is 1.14 bits per heavy atom. The van der Waals surface area contributed by atoms with Crippen molar-refractivity contribution in [1.29, 1.82) is 0 Å². The Morgan fingerprint density at radius 2 is 1.84 bits per heavy atom. The zero-order valence-corrected chi connectivity index (χ0v) is 20.6. The topological polar surface area (TPSA) is 39.3 Å². The van der Waals surface area contributed by atoms with Crippen LogP contribution in [0.5, 0.6) is 0 Å². The molecule has 0 saturated carbocycles. The number of Topliss-reactive ketones (excluding diaryl/α,β-unsaturated/α-hetero) is 1. The fraction of sp³-hybridized carbons (Fsp3) is 0.464. The Morgan fingerprint density at radius 3 is 2.51 bits per heavy atom. The zero-order chi connectivity index (χ0) is 26.3. The second-order valence-corrected chi connectivity index (χ2v) is 10.2. The van der Waals surface area contributed by atoms with E-state index in [0.29, 0.717) is 38.2 Å². The SMILES string of the molecule is C[C@@H]1Cc2c([nH]c3ccccc23)[C@@H](c2c(F)cc(C(=O)C3CN(CCCF)C3)cc2F)N1C[C@@H](F)CF. The van der Waals surface area contributed by atoms with E-state index in [1.165, 1.54) is 0 Å². The number of fused-ring (bicyclic) bond motifs is 3. The highest BCUT2D eigenvalue weighted by molar-refractivity contribution is 5.98. The minimum atomic E-state index is -1.80. The molecule has 0 aliphatic carbocycles. The van der Waals surface area contributed by atoms with Gasteiger partial charge in [0.2, 0.25) is 0 Å². The molecule has 0 amide bonds. The van der Waals surface area contributed by atoms with Gasteiger partial charge < -0.3 is 9.88 Å². The molecule has 3 heterocycles. The van der Waals surface area contributed by atoms with Gasteiger partial charge in [-0.15, -0.1) is 0 Å². The number of ketones is 1. The van der Waals surface area contributed by atoms with Gasteiger partial charge in [0.1, 0.15) is 24.5 Å². The molecule has 0 bridgehead atoms. The number of carbonyl (C=O) groups excluding carboxylic acids is 1. The smallest absolute Gasteiger partial charge is 0.168 e. The molecule has 1 fully saturated rings. The molecule has 198 valence electrons. The number of rotatable bonds is 9. The number of H-pyrrole nitrogens is 1. The number of nitrogens with one attached hydrogen (secondary N) is 1. The van der Waals surface area contributed by atoms with E-state index in [1.54, 1.807) is 4.90 Å². The number of likely N-dealkylation sites (tertiary alicyclic amines) is 1. The first-order valence-corrected chi connectivity index (χ1v) is 12.7. The Hall–Kier alpha value is -2.78. The normalized spacial score (nSPS) is 21.7. The quantitative estimate of drug-likeness (QED) is 0.297. The van der Waals surface area contributed by atoms with Gasteiger partial charge in [0, 0.05) is 65.9 Å². The summed E-state index contributed by atoms with van der Waals surface area (Å²) < 4.78 is 71.2. The minimum absolute atomic E-state index is 0.0618. The second kappa shape index (κ2) is 10.5. The first-order valence-electron chi connectivity index (χ1n) is 12.7. The fourth-order valence-electron chi connectivity index (χ4n) is 5.81. The van der Waals surface area contributed by atoms with Crippen LogP contribution in [0.3, 0.4) is 0 Å². The standard InChI is InChI=1S/C28H30F5N3O/c1-16-9-21-20-5-2-3-6-24(20)34-26(21)27(36(16)15-19(31)12-30)25-22(32)10-17(11-23(25)33)28(37)18-13-35(14-18)8-4-7-29/h2-3,5-6,10-11,16,18-19,27,34H,4,7-9,12-15H2,1H3/t16-,19+,27-/m1/s1. The Kier molecular flexibility index (Phi) is 7.36. The van der Waals surface area contributed by atoms with Crippen LogP contribution in [-0.2, 0) is 6.42 Å². The summed E-state index contributed by atoms with van der Waals surface area (Å²) >= 11 is 0. The lowest BCUT2D eigenvalue weighted by molar-refractivity contribution is 0.0612. The number of carbonyl (C=O) groups is 1. The van der Waals surface area contributed by atoms with Crippen molar-refractivity contribution in [3.05, 3.63) is 70.4 Å². The van der Waals surface area contributed by atoms with E-state index in [2.05, 4.69) is 4.98 Å². The van der Waals surface area contributed by atoms with Crippen molar-refractivity contribution in [2.24, 2.45) is 5.92 Å². The van der Waals surface area contributed by atoms with Crippen LogP contribution in [0.25, 0.3) is 10.9 Å². The minimum Gasteiger partial charge on any atom is -0.357 e. The lowest BCUT2D eigenvalue weighted by atomic mass is 9.86. The fourth-order valence-corrected chi connectivity index (χ4v) is 5.81. The molecule has 5 rings (SSSR count). The highest BCUT2D eigenvalue weighted by atomic mass is 19.2. The van der Waals surface area contributed by atoms with Crippen LogP contribution in [0.4, 0.5) is 22.0 Å². The summed E-state index contributed by atoms with van der Waals surface area (Å²) in [6.07, 6.45) is -0.913. The third-order valence-corrected chi connectivity index (χ3v) is 7.67. The van der Waals surface area contributed by atoms with Crippen LogP contribution in [0.15, 0.2) is 36.4 Å². The predicted molar refractivity (Wildman–Crippen MR) is 132 cm³/mol. The lowest BCUT2D eigenvalue weighted by Gasteiger charge is -2.41. The van der Waals surface area contributed by atoms with Crippen molar-refractivity contribution in [2.45, 2.75) is 38.0 Å². The largest absolute Gasteiger partial charge is 0.357 e. The summed E-state index contributed by atoms with van der Waals surface area (Å²) in [6.45, 7) is 1.27. The van der Waals surface area contributed by atoms with Crippen molar-refractivity contribution in [2.75, 3.05) is 39.5 Å². The van der Waals surface area contributed by atoms with Crippen LogP contribution in [0, 0.1) is 17.6 Å². The van der Waals surface area contributed by atoms with E-state index in [-0.39, 0.29) is 29.5 Å². The number of aromatic amines is 1. The molecule has 2 aliphatic rings. The van der Waals surface area contributed by atoms with Gasteiger partial charge in [-0.2, -0.15) is 0 Å². The summed E-state index contributed by atoms with van der Waals surface area (Å²) in [5.41, 5.74) is 1.88. The number of benzene rings is 2. The van der Waals surface area contributed by atoms with Gasteiger partial charge >= 0.3 is 0 Å². The van der Waals surface area contributed by atoms with Crippen LogP contribution in [0.1, 0.15) is 46.6 Å². The van der Waals surface area contributed by atoms with Crippen LogP contribution in [0.2, 0.25) is 0 Å². The average Bonchev–Trinajstić information content (AvgIpc) is 3.22. The Bertz CT molecular complexity index is 1270. The van der Waals surface area contributed by atoms with Gasteiger partial charge in [-0.05, 0) is 43.5 Å².